The van der Waals surface area contributed by atoms with Crippen molar-refractivity contribution in [2.75, 3.05) is 0 Å². The van der Waals surface area contributed by atoms with E-state index in [-0.39, 0.29) is 6.04 Å². The average molecular weight is 237 g/mol. The van der Waals surface area contributed by atoms with Gasteiger partial charge in [-0.2, -0.15) is 0 Å². The fourth-order valence-corrected chi connectivity index (χ4v) is 3.62. The molecule has 1 unspecified atom stereocenters. The van der Waals surface area contributed by atoms with E-state index in [0.29, 0.717) is 0 Å². The van der Waals surface area contributed by atoms with Gasteiger partial charge in [-0.3, -0.25) is 0 Å². The van der Waals surface area contributed by atoms with Crippen LogP contribution in [-0.4, -0.2) is 0 Å². The Kier molecular flexibility index (Phi) is 4.04. The van der Waals surface area contributed by atoms with Crippen LogP contribution in [0.3, 0.4) is 0 Å². The van der Waals surface area contributed by atoms with Crippen LogP contribution in [-0.2, 0) is 0 Å². The minimum absolute atomic E-state index is 0.280. The fourth-order valence-electron chi connectivity index (χ4n) is 2.87. The second-order valence-electron chi connectivity index (χ2n) is 5.21. The molecule has 0 aromatic carbocycles. The van der Waals surface area contributed by atoms with E-state index in [2.05, 4.69) is 25.3 Å². The van der Waals surface area contributed by atoms with Crippen LogP contribution in [0.1, 0.15) is 55.5 Å². The summed E-state index contributed by atoms with van der Waals surface area (Å²) < 4.78 is 0. The van der Waals surface area contributed by atoms with Crippen molar-refractivity contribution in [1.29, 1.82) is 0 Å². The quantitative estimate of drug-likeness (QED) is 0.834. The number of aryl methyl sites for hydroxylation is 1. The molecule has 1 nitrogen and oxygen atoms in total. The van der Waals surface area contributed by atoms with Crippen LogP contribution in [0, 0.1) is 18.8 Å². The Morgan fingerprint density at radius 1 is 1.38 bits per heavy atom. The number of nitrogens with two attached hydrogens (primary N) is 1. The zero-order valence-electron chi connectivity index (χ0n) is 10.4. The molecule has 16 heavy (non-hydrogen) atoms. The molecule has 2 rings (SSSR count). The van der Waals surface area contributed by atoms with Crippen LogP contribution in [0.2, 0.25) is 0 Å². The lowest BCUT2D eigenvalue weighted by atomic mass is 9.76. The Balaban J connectivity index is 1.93. The van der Waals surface area contributed by atoms with Gasteiger partial charge in [0.25, 0.3) is 0 Å². The molecule has 1 aliphatic carbocycles. The topological polar surface area (TPSA) is 26.0 Å². The summed E-state index contributed by atoms with van der Waals surface area (Å²) in [7, 11) is 0. The number of rotatable bonds is 3. The standard InChI is InChI=1S/C14H23NS/c1-3-11-4-6-12(7-5-11)14(15)13-8-10(2)16-9-13/h8-9,11-12,14H,3-7,15H2,1-2H3. The van der Waals surface area contributed by atoms with Crippen LogP contribution >= 0.6 is 11.3 Å². The maximum atomic E-state index is 6.38. The number of thiophene rings is 1. The highest BCUT2D eigenvalue weighted by Crippen LogP contribution is 2.37. The molecule has 1 aromatic rings. The molecule has 1 fully saturated rings. The van der Waals surface area contributed by atoms with E-state index in [0.717, 1.165) is 11.8 Å². The van der Waals surface area contributed by atoms with Gasteiger partial charge in [-0.25, -0.2) is 0 Å². The smallest absolute Gasteiger partial charge is 0.0331 e. The van der Waals surface area contributed by atoms with Gasteiger partial charge in [0.1, 0.15) is 0 Å². The van der Waals surface area contributed by atoms with Gasteiger partial charge in [-0.05, 0) is 48.6 Å². The van der Waals surface area contributed by atoms with E-state index in [4.69, 9.17) is 5.73 Å². The normalized spacial score (nSPS) is 27.9. The summed E-state index contributed by atoms with van der Waals surface area (Å²) in [6, 6.07) is 2.55. The van der Waals surface area contributed by atoms with Crippen molar-refractivity contribution in [2.24, 2.45) is 17.6 Å². The van der Waals surface area contributed by atoms with Crippen molar-refractivity contribution in [3.05, 3.63) is 21.9 Å². The van der Waals surface area contributed by atoms with Crippen molar-refractivity contribution in [1.82, 2.24) is 0 Å². The maximum Gasteiger partial charge on any atom is 0.0331 e. The molecule has 90 valence electrons. The first-order chi connectivity index (χ1) is 7.70. The Hall–Kier alpha value is -0.340. The summed E-state index contributed by atoms with van der Waals surface area (Å²) in [6.07, 6.45) is 6.78. The summed E-state index contributed by atoms with van der Waals surface area (Å²) in [5.74, 6) is 1.68. The summed E-state index contributed by atoms with van der Waals surface area (Å²) in [6.45, 7) is 4.47. The molecule has 1 atom stereocenters. The first-order valence-corrected chi connectivity index (χ1v) is 7.39. The van der Waals surface area contributed by atoms with E-state index in [9.17, 15) is 0 Å². The molecular formula is C14H23NS. The van der Waals surface area contributed by atoms with Gasteiger partial charge in [-0.15, -0.1) is 11.3 Å². The Morgan fingerprint density at radius 3 is 2.56 bits per heavy atom. The van der Waals surface area contributed by atoms with Crippen LogP contribution in [0.15, 0.2) is 11.4 Å². The van der Waals surface area contributed by atoms with Crippen molar-refractivity contribution in [3.8, 4) is 0 Å². The molecule has 2 heteroatoms. The van der Waals surface area contributed by atoms with Gasteiger partial charge < -0.3 is 5.73 Å². The van der Waals surface area contributed by atoms with Gasteiger partial charge in [-0.1, -0.05) is 26.2 Å². The Morgan fingerprint density at radius 2 is 2.06 bits per heavy atom. The molecule has 0 spiro atoms. The molecular weight excluding hydrogens is 214 g/mol. The number of hydrogen-bond acceptors (Lipinski definition) is 2. The second kappa shape index (κ2) is 5.33. The molecule has 0 radical (unpaired) electrons. The second-order valence-corrected chi connectivity index (χ2v) is 6.32. The lowest BCUT2D eigenvalue weighted by molar-refractivity contribution is 0.240. The van der Waals surface area contributed by atoms with E-state index < -0.39 is 0 Å². The SMILES string of the molecule is CCC1CCC(C(N)c2csc(C)c2)CC1. The predicted molar refractivity (Wildman–Crippen MR) is 71.7 cm³/mol. The highest BCUT2D eigenvalue weighted by Gasteiger charge is 2.25. The predicted octanol–water partition coefficient (Wildman–Crippen LogP) is 4.27. The van der Waals surface area contributed by atoms with Crippen LogP contribution in [0.5, 0.6) is 0 Å². The minimum atomic E-state index is 0.280. The number of hydrogen-bond donors (Lipinski definition) is 1. The van der Waals surface area contributed by atoms with E-state index in [1.54, 1.807) is 0 Å². The van der Waals surface area contributed by atoms with E-state index in [1.807, 2.05) is 11.3 Å². The van der Waals surface area contributed by atoms with Crippen molar-refractivity contribution in [2.45, 2.75) is 52.0 Å². The molecule has 0 saturated heterocycles. The van der Waals surface area contributed by atoms with Crippen LogP contribution in [0.4, 0.5) is 0 Å². The maximum absolute atomic E-state index is 6.38. The van der Waals surface area contributed by atoms with Gasteiger partial charge in [0.15, 0.2) is 0 Å². The molecule has 1 saturated carbocycles. The lowest BCUT2D eigenvalue weighted by Gasteiger charge is -2.31. The summed E-state index contributed by atoms with van der Waals surface area (Å²) in [5, 5.41) is 2.24. The summed E-state index contributed by atoms with van der Waals surface area (Å²) in [4.78, 5) is 1.38. The summed E-state index contributed by atoms with van der Waals surface area (Å²) >= 11 is 1.82. The first-order valence-electron chi connectivity index (χ1n) is 6.51. The zero-order chi connectivity index (χ0) is 11.5. The zero-order valence-corrected chi connectivity index (χ0v) is 11.2. The van der Waals surface area contributed by atoms with E-state index >= 15 is 0 Å². The third-order valence-electron chi connectivity index (χ3n) is 4.11. The van der Waals surface area contributed by atoms with Gasteiger partial charge in [0.05, 0.1) is 0 Å². The van der Waals surface area contributed by atoms with Crippen molar-refractivity contribution >= 4 is 11.3 Å². The molecule has 0 bridgehead atoms. The third kappa shape index (κ3) is 2.67. The summed E-state index contributed by atoms with van der Waals surface area (Å²) in [5.41, 5.74) is 7.74. The van der Waals surface area contributed by atoms with Gasteiger partial charge in [0.2, 0.25) is 0 Å². The molecule has 0 aliphatic heterocycles. The highest BCUT2D eigenvalue weighted by atomic mass is 32.1. The molecule has 0 amide bonds. The monoisotopic (exact) mass is 237 g/mol. The van der Waals surface area contributed by atoms with E-state index in [1.165, 1.54) is 42.5 Å². The van der Waals surface area contributed by atoms with Crippen LogP contribution < -0.4 is 5.73 Å². The third-order valence-corrected chi connectivity index (χ3v) is 4.99. The largest absolute Gasteiger partial charge is 0.324 e. The van der Waals surface area contributed by atoms with Crippen LogP contribution in [0.25, 0.3) is 0 Å². The van der Waals surface area contributed by atoms with Gasteiger partial charge in [0, 0.05) is 10.9 Å². The molecule has 1 heterocycles. The lowest BCUT2D eigenvalue weighted by Crippen LogP contribution is -2.25. The highest BCUT2D eigenvalue weighted by molar-refractivity contribution is 7.10. The molecule has 2 N–H and O–H groups in total. The Labute approximate surface area is 103 Å². The Bertz CT molecular complexity index is 323. The minimum Gasteiger partial charge on any atom is -0.324 e. The molecule has 1 aliphatic rings. The average Bonchev–Trinajstić information content (AvgIpc) is 2.75. The fraction of sp³-hybridized carbons (Fsp3) is 0.714. The first kappa shape index (κ1) is 12.1. The van der Waals surface area contributed by atoms with Gasteiger partial charge >= 0.3 is 0 Å². The van der Waals surface area contributed by atoms with Crippen molar-refractivity contribution in [3.63, 3.8) is 0 Å². The van der Waals surface area contributed by atoms with Crippen molar-refractivity contribution < 1.29 is 0 Å². The molecule has 1 aromatic heterocycles.